The second kappa shape index (κ2) is 9.82. The fourth-order valence-electron chi connectivity index (χ4n) is 8.17. The lowest BCUT2D eigenvalue weighted by Gasteiger charge is -2.60. The van der Waals surface area contributed by atoms with Gasteiger partial charge in [-0.15, -0.1) is 6.58 Å². The van der Waals surface area contributed by atoms with Crippen LogP contribution >= 0.6 is 0 Å². The first-order chi connectivity index (χ1) is 18.7. The average Bonchev–Trinajstić information content (AvgIpc) is 3.24. The number of piperidine rings is 1. The molecule has 39 heavy (non-hydrogen) atoms. The Balaban J connectivity index is 1.47. The highest BCUT2D eigenvalue weighted by molar-refractivity contribution is 7.88. The van der Waals surface area contributed by atoms with Crippen molar-refractivity contribution in [1.29, 1.82) is 0 Å². The van der Waals surface area contributed by atoms with E-state index in [-0.39, 0.29) is 41.0 Å². The van der Waals surface area contributed by atoms with Crippen LogP contribution in [0.15, 0.2) is 49.1 Å². The van der Waals surface area contributed by atoms with Crippen molar-refractivity contribution in [2.45, 2.75) is 68.9 Å². The maximum Gasteiger partial charge on any atom is 0.218 e. The minimum Gasteiger partial charge on any atom is -0.508 e. The van der Waals surface area contributed by atoms with Gasteiger partial charge in [0, 0.05) is 41.7 Å². The maximum absolute atomic E-state index is 14.1. The van der Waals surface area contributed by atoms with Crippen molar-refractivity contribution in [1.82, 2.24) is 9.21 Å². The molecule has 2 aliphatic carbocycles. The molecule has 1 N–H and O–H groups in total. The predicted molar refractivity (Wildman–Crippen MR) is 152 cm³/mol. The largest absolute Gasteiger partial charge is 0.508 e. The van der Waals surface area contributed by atoms with Crippen molar-refractivity contribution in [2.75, 3.05) is 26.7 Å². The Bertz CT molecular complexity index is 1360. The van der Waals surface area contributed by atoms with Crippen molar-refractivity contribution in [3.05, 3.63) is 65.7 Å². The molecule has 0 amide bonds. The normalized spacial score (nSPS) is 29.3. The molecule has 2 fully saturated rings. The number of benzene rings is 2. The van der Waals surface area contributed by atoms with Crippen LogP contribution < -0.4 is 9.47 Å². The molecule has 0 aromatic heterocycles. The number of hydrogen-bond donors (Lipinski definition) is 1. The molecular weight excluding hydrogens is 512 g/mol. The quantitative estimate of drug-likeness (QED) is 0.462. The Morgan fingerprint density at radius 3 is 2.74 bits per heavy atom. The molecule has 210 valence electrons. The average molecular weight is 553 g/mol. The summed E-state index contributed by atoms with van der Waals surface area (Å²) in [5, 5.41) is 11.2. The first kappa shape index (κ1) is 26.7. The van der Waals surface area contributed by atoms with E-state index in [1.807, 2.05) is 36.4 Å². The zero-order valence-corrected chi connectivity index (χ0v) is 24.0. The van der Waals surface area contributed by atoms with Gasteiger partial charge in [-0.05, 0) is 49.6 Å². The molecule has 2 aromatic rings. The van der Waals surface area contributed by atoms with Crippen LogP contribution in [0.3, 0.4) is 0 Å². The van der Waals surface area contributed by atoms with E-state index >= 15 is 0 Å². The number of aromatic hydroxyl groups is 1. The van der Waals surface area contributed by atoms with Gasteiger partial charge in [-0.2, -0.15) is 4.31 Å². The van der Waals surface area contributed by atoms with Crippen LogP contribution in [0, 0.1) is 11.8 Å². The molecule has 5 atom stereocenters. The van der Waals surface area contributed by atoms with Crippen molar-refractivity contribution < 1.29 is 23.0 Å². The summed E-state index contributed by atoms with van der Waals surface area (Å²) >= 11 is 0. The number of rotatable bonds is 9. The molecule has 2 heterocycles. The first-order valence-electron chi connectivity index (χ1n) is 14.2. The highest BCUT2D eigenvalue weighted by atomic mass is 32.2. The van der Waals surface area contributed by atoms with E-state index in [1.54, 1.807) is 17.5 Å². The summed E-state index contributed by atoms with van der Waals surface area (Å²) in [5.41, 5.74) is 2.43. The fourth-order valence-corrected chi connectivity index (χ4v) is 10.1. The van der Waals surface area contributed by atoms with Crippen molar-refractivity contribution in [3.8, 4) is 17.2 Å². The van der Waals surface area contributed by atoms with Crippen LogP contribution in [0.4, 0.5) is 0 Å². The van der Waals surface area contributed by atoms with Gasteiger partial charge in [-0.3, -0.25) is 4.90 Å². The Kier molecular flexibility index (Phi) is 6.71. The van der Waals surface area contributed by atoms with E-state index in [0.717, 1.165) is 55.5 Å². The van der Waals surface area contributed by atoms with Crippen molar-refractivity contribution in [3.63, 3.8) is 0 Å². The van der Waals surface area contributed by atoms with Crippen molar-refractivity contribution >= 4 is 10.0 Å². The van der Waals surface area contributed by atoms with E-state index in [1.165, 1.54) is 0 Å². The minimum atomic E-state index is -3.63. The number of hydrogen-bond acceptors (Lipinski definition) is 6. The fraction of sp³-hybridized carbons (Fsp3) is 0.548. The van der Waals surface area contributed by atoms with E-state index in [0.29, 0.717) is 24.0 Å². The van der Waals surface area contributed by atoms with Crippen LogP contribution in [-0.2, 0) is 27.6 Å². The number of ether oxygens (including phenoxy) is 2. The van der Waals surface area contributed by atoms with Gasteiger partial charge in [0.1, 0.15) is 11.9 Å². The third-order valence-corrected chi connectivity index (χ3v) is 11.4. The highest BCUT2D eigenvalue weighted by Gasteiger charge is 2.67. The third kappa shape index (κ3) is 4.09. The van der Waals surface area contributed by atoms with Gasteiger partial charge in [0.15, 0.2) is 11.5 Å². The summed E-state index contributed by atoms with van der Waals surface area (Å²) in [6.45, 7) is 10.3. The number of methoxy groups -OCH3 is 1. The van der Waals surface area contributed by atoms with Gasteiger partial charge < -0.3 is 14.6 Å². The molecule has 4 aliphatic rings. The van der Waals surface area contributed by atoms with Gasteiger partial charge >= 0.3 is 0 Å². The zero-order chi connectivity index (χ0) is 27.5. The molecule has 1 saturated carbocycles. The Morgan fingerprint density at radius 1 is 1.28 bits per heavy atom. The number of likely N-dealkylation sites (tertiary alicyclic amines) is 1. The summed E-state index contributed by atoms with van der Waals surface area (Å²) in [6, 6.07) is 11.1. The van der Waals surface area contributed by atoms with Gasteiger partial charge in [-0.1, -0.05) is 50.3 Å². The van der Waals surface area contributed by atoms with Gasteiger partial charge in [0.25, 0.3) is 0 Å². The second-order valence-electron chi connectivity index (χ2n) is 12.1. The monoisotopic (exact) mass is 552 g/mol. The van der Waals surface area contributed by atoms with Gasteiger partial charge in [-0.25, -0.2) is 8.42 Å². The summed E-state index contributed by atoms with van der Waals surface area (Å²) in [4.78, 5) is 2.49. The summed E-state index contributed by atoms with van der Waals surface area (Å²) in [5.74, 6) is 1.92. The molecule has 2 bridgehead atoms. The Hall–Kier alpha value is -2.55. The molecule has 1 spiro atoms. The van der Waals surface area contributed by atoms with Crippen LogP contribution in [0.2, 0.25) is 0 Å². The third-order valence-electron chi connectivity index (χ3n) is 9.54. The SMILES string of the molecule is C=CCN1CC[C@]23c4c5c(O)cc(OC)c4O[C@H]2[C@@H](N(CC(C)C)S(=O)(=O)Cc2ccccc2)CC[C@H]3[C@H]1C5. The van der Waals surface area contributed by atoms with E-state index < -0.39 is 10.0 Å². The lowest BCUT2D eigenvalue weighted by atomic mass is 9.51. The lowest BCUT2D eigenvalue weighted by molar-refractivity contribution is -0.0747. The first-order valence-corrected chi connectivity index (χ1v) is 15.8. The van der Waals surface area contributed by atoms with E-state index in [2.05, 4.69) is 25.3 Å². The van der Waals surface area contributed by atoms with Crippen LogP contribution in [-0.4, -0.2) is 67.7 Å². The smallest absolute Gasteiger partial charge is 0.218 e. The number of sulfonamides is 1. The highest BCUT2D eigenvalue weighted by Crippen LogP contribution is 2.65. The number of phenols is 1. The minimum absolute atomic E-state index is 0.0295. The van der Waals surface area contributed by atoms with Crippen LogP contribution in [0.5, 0.6) is 17.2 Å². The molecule has 7 nitrogen and oxygen atoms in total. The molecule has 1 saturated heterocycles. The molecule has 2 aromatic carbocycles. The van der Waals surface area contributed by atoms with Crippen LogP contribution in [0.25, 0.3) is 0 Å². The number of nitrogens with zero attached hydrogens (tertiary/aromatic N) is 2. The van der Waals surface area contributed by atoms with E-state index in [9.17, 15) is 13.5 Å². The maximum atomic E-state index is 14.1. The summed E-state index contributed by atoms with van der Waals surface area (Å²) in [7, 11) is -2.03. The lowest BCUT2D eigenvalue weighted by Crippen LogP contribution is -2.69. The van der Waals surface area contributed by atoms with Gasteiger partial charge in [0.2, 0.25) is 10.0 Å². The summed E-state index contributed by atoms with van der Waals surface area (Å²) < 4.78 is 42.6. The summed E-state index contributed by atoms with van der Waals surface area (Å²) in [6.07, 6.45) is 4.88. The molecule has 2 aliphatic heterocycles. The number of phenolic OH excluding ortho intramolecular Hbond substituents is 1. The molecule has 6 rings (SSSR count). The molecule has 0 radical (unpaired) electrons. The second-order valence-corrected chi connectivity index (χ2v) is 14.0. The topological polar surface area (TPSA) is 79.3 Å². The predicted octanol–water partition coefficient (Wildman–Crippen LogP) is 4.48. The molecule has 8 heteroatoms. The van der Waals surface area contributed by atoms with Gasteiger partial charge in [0.05, 0.1) is 18.9 Å². The Morgan fingerprint density at radius 2 is 2.05 bits per heavy atom. The zero-order valence-electron chi connectivity index (χ0n) is 23.2. The van der Waals surface area contributed by atoms with Crippen molar-refractivity contribution in [2.24, 2.45) is 11.8 Å². The molecular formula is C31H40N2O5S. The molecule has 0 unspecified atom stereocenters. The standard InChI is InChI=1S/C31H40N2O5S/c1-5-14-32-15-13-31-23-11-12-24(33(18-20(2)3)39(35,36)19-21-9-7-6-8-10-21)30(31)38-29-27(37-4)17-26(34)22(28(29)31)16-25(23)32/h5-10,17,20,23-25,30,34H,1,11-16,18-19H2,2-4H3/t23-,24-,25+,30-,31-/m0/s1. The van der Waals surface area contributed by atoms with Crippen LogP contribution in [0.1, 0.15) is 49.8 Å². The van der Waals surface area contributed by atoms with E-state index in [4.69, 9.17) is 9.47 Å². The Labute approximate surface area is 232 Å².